The first-order valence-electron chi connectivity index (χ1n) is 16.0. The zero-order chi connectivity index (χ0) is 36.6. The summed E-state index contributed by atoms with van der Waals surface area (Å²) in [6, 6.07) is -0.0656. The van der Waals surface area contributed by atoms with E-state index in [9.17, 15) is 14.4 Å². The average Bonchev–Trinajstić information content (AvgIpc) is 3.53. The minimum atomic E-state index is -0.273. The van der Waals surface area contributed by atoms with Crippen LogP contribution in [0.3, 0.4) is 0 Å². The summed E-state index contributed by atoms with van der Waals surface area (Å²) in [6.07, 6.45) is 14.3. The van der Waals surface area contributed by atoms with Crippen LogP contribution in [0.1, 0.15) is 109 Å². The van der Waals surface area contributed by atoms with Gasteiger partial charge in [0, 0.05) is 56.4 Å². The van der Waals surface area contributed by atoms with Crippen molar-refractivity contribution < 1.29 is 28.6 Å². The highest BCUT2D eigenvalue weighted by molar-refractivity contribution is 7.04. The lowest BCUT2D eigenvalue weighted by Gasteiger charge is -1.96. The molecule has 0 aromatic carbocycles. The van der Waals surface area contributed by atoms with Crippen LogP contribution in [-0.2, 0) is 41.4 Å². The Hall–Kier alpha value is -2.30. The summed E-state index contributed by atoms with van der Waals surface area (Å²) in [5.74, 6) is 0.486. The second kappa shape index (κ2) is 43.7. The van der Waals surface area contributed by atoms with Gasteiger partial charge >= 0.3 is 17.9 Å². The second-order valence-corrected chi connectivity index (χ2v) is 10.7. The maximum atomic E-state index is 10.6. The summed E-state index contributed by atoms with van der Waals surface area (Å²) in [5.41, 5.74) is 12.6. The van der Waals surface area contributed by atoms with Crippen molar-refractivity contribution in [3.05, 3.63) is 17.7 Å². The van der Waals surface area contributed by atoms with Crippen molar-refractivity contribution in [3.8, 4) is 0 Å². The van der Waals surface area contributed by atoms with Crippen LogP contribution in [0, 0.1) is 5.41 Å². The third kappa shape index (κ3) is 48.2. The van der Waals surface area contributed by atoms with Crippen LogP contribution in [0.5, 0.6) is 0 Å². The maximum absolute atomic E-state index is 10.6. The van der Waals surface area contributed by atoms with Crippen LogP contribution < -0.4 is 11.5 Å². The number of aromatic nitrogens is 2. The average molecular weight is 726 g/mol. The number of hydrogen-bond acceptors (Lipinski definition) is 12. The first-order valence-corrected chi connectivity index (χ1v) is 17.5. The van der Waals surface area contributed by atoms with Crippen LogP contribution in [0.2, 0.25) is 0 Å². The molecule has 1 aromatic heterocycles. The van der Waals surface area contributed by atoms with Crippen molar-refractivity contribution in [2.45, 2.75) is 111 Å². The Balaban J connectivity index is -0.000000251. The Kier molecular flexibility index (Phi) is 47.9. The molecule has 0 bridgehead atoms. The fourth-order valence-electron chi connectivity index (χ4n) is 2.93. The van der Waals surface area contributed by atoms with Gasteiger partial charge in [-0.3, -0.25) is 23.9 Å². The molecular weight excluding hydrogens is 664 g/mol. The van der Waals surface area contributed by atoms with Crippen molar-refractivity contribution in [3.63, 3.8) is 0 Å². The number of methoxy groups -OCH3 is 2. The zero-order valence-corrected chi connectivity index (χ0v) is 32.1. The molecule has 0 radical (unpaired) electrons. The van der Waals surface area contributed by atoms with Crippen LogP contribution in [0.15, 0.2) is 15.7 Å². The monoisotopic (exact) mass is 725 g/mol. The molecule has 0 aliphatic rings. The van der Waals surface area contributed by atoms with Crippen molar-refractivity contribution >= 4 is 53.3 Å². The number of nitrogens with zero attached hydrogens (tertiary/aromatic N) is 3. The Labute approximate surface area is 292 Å². The van der Waals surface area contributed by atoms with Crippen molar-refractivity contribution in [1.29, 1.82) is 5.41 Å². The fraction of sp³-hybridized carbons (Fsp3) is 0.774. The van der Waals surface area contributed by atoms with Crippen molar-refractivity contribution in [1.82, 2.24) is 9.97 Å². The van der Waals surface area contributed by atoms with E-state index < -0.39 is 0 Å². The minimum absolute atomic E-state index is 0.0656. The summed E-state index contributed by atoms with van der Waals surface area (Å²) in [6.45, 7) is 8.77. The van der Waals surface area contributed by atoms with Gasteiger partial charge in [0.1, 0.15) is 5.82 Å². The number of esters is 3. The van der Waals surface area contributed by atoms with Crippen molar-refractivity contribution in [2.75, 3.05) is 46.5 Å². The molecular formula is C31H62ClN7O6P2. The van der Waals surface area contributed by atoms with Crippen molar-refractivity contribution in [2.24, 2.45) is 21.0 Å². The number of imidazole rings is 1. The lowest BCUT2D eigenvalue weighted by Crippen LogP contribution is -2.05. The number of hydrogen-bond donors (Lipinski definition) is 4. The summed E-state index contributed by atoms with van der Waals surface area (Å²) in [7, 11) is 8.62. The standard InChI is InChI=1S/C10H19N3.C6H13N.C5H9ClNO2P.C5H10NO2P.C5H11NO2/c1-2-3-6-10-12-8-9(13-10)5-4-7-11;1-3-4-5-6(2)7;6-4-9-5(8)2-1-3-7-10;1-8-5(7)3-2-4-6-9;1-8-5(7)3-2-4-6/h8H,2-7,11H2,1H3,(H,12,13);7H,3-5H2,1-2H3;10H,1-4H2;9H,2-4H2,1H3;2-4,6H2,1H3. The number of nitrogens with one attached hydrogen (secondary N) is 2. The van der Waals surface area contributed by atoms with Gasteiger partial charge in [-0.05, 0) is 89.4 Å². The first kappa shape index (κ1) is 51.5. The van der Waals surface area contributed by atoms with Gasteiger partial charge in [-0.2, -0.15) is 0 Å². The predicted molar refractivity (Wildman–Crippen MR) is 196 cm³/mol. The molecule has 0 aliphatic carbocycles. The smallest absolute Gasteiger partial charge is 0.307 e. The quantitative estimate of drug-likeness (QED) is 0.0260. The van der Waals surface area contributed by atoms with E-state index in [2.05, 4.69) is 65.6 Å². The molecule has 1 aromatic rings. The number of aryl methyl sites for hydroxylation is 2. The lowest BCUT2D eigenvalue weighted by atomic mass is 10.2. The minimum Gasteiger partial charge on any atom is -0.469 e. The van der Waals surface area contributed by atoms with Gasteiger partial charge in [0.15, 0.2) is 6.07 Å². The number of unbranched alkanes of at least 4 members (excludes halogenated alkanes) is 2. The van der Waals surface area contributed by atoms with Crippen LogP contribution in [-0.4, -0.2) is 80.1 Å². The van der Waals surface area contributed by atoms with Gasteiger partial charge < -0.3 is 36.1 Å². The number of ether oxygens (including phenoxy) is 3. The summed E-state index contributed by atoms with van der Waals surface area (Å²) < 4.78 is 20.5. The molecule has 0 unspecified atom stereocenters. The summed E-state index contributed by atoms with van der Waals surface area (Å²) in [5, 5.41) is 7.00. The predicted octanol–water partition coefficient (Wildman–Crippen LogP) is 6.86. The van der Waals surface area contributed by atoms with Gasteiger partial charge in [-0.1, -0.05) is 38.3 Å². The number of H-pyrrole nitrogens is 1. The molecule has 13 nitrogen and oxygen atoms in total. The highest BCUT2D eigenvalue weighted by Gasteiger charge is 2.00. The van der Waals surface area contributed by atoms with Gasteiger partial charge in [-0.15, -0.1) is 0 Å². The zero-order valence-electron chi connectivity index (χ0n) is 29.3. The molecule has 0 saturated carbocycles. The van der Waals surface area contributed by atoms with E-state index in [0.717, 1.165) is 50.2 Å². The second-order valence-electron chi connectivity index (χ2n) is 9.88. The van der Waals surface area contributed by atoms with E-state index in [-0.39, 0.29) is 24.0 Å². The highest BCUT2D eigenvalue weighted by Crippen LogP contribution is 2.03. The Morgan fingerprint density at radius 3 is 1.74 bits per heavy atom. The molecule has 0 amide bonds. The van der Waals surface area contributed by atoms with E-state index in [1.165, 1.54) is 45.6 Å². The van der Waals surface area contributed by atoms with E-state index in [1.807, 2.05) is 13.1 Å². The molecule has 1 heterocycles. The van der Waals surface area contributed by atoms with Gasteiger partial charge in [0.2, 0.25) is 0 Å². The molecule has 1 rings (SSSR count). The summed E-state index contributed by atoms with van der Waals surface area (Å²) >= 11 is 5.13. The third-order valence-electron chi connectivity index (χ3n) is 5.56. The van der Waals surface area contributed by atoms with Crippen LogP contribution >= 0.6 is 29.7 Å². The topological polar surface area (TPSA) is 208 Å². The van der Waals surface area contributed by atoms with Crippen LogP contribution in [0.4, 0.5) is 0 Å². The number of aromatic amines is 1. The molecule has 0 spiro atoms. The Morgan fingerprint density at radius 1 is 0.830 bits per heavy atom. The highest BCUT2D eigenvalue weighted by atomic mass is 35.5. The maximum Gasteiger partial charge on any atom is 0.307 e. The number of carbonyl (C=O) groups is 3. The summed E-state index contributed by atoms with van der Waals surface area (Å²) in [4.78, 5) is 38.9. The number of alkyl halides is 1. The largest absolute Gasteiger partial charge is 0.469 e. The normalized spacial score (nSPS) is 9.28. The molecule has 6 N–H and O–H groups in total. The van der Waals surface area contributed by atoms with Gasteiger partial charge in [-0.25, -0.2) is 4.98 Å². The first-order chi connectivity index (χ1) is 22.6. The Morgan fingerprint density at radius 2 is 1.34 bits per heavy atom. The van der Waals surface area contributed by atoms with Gasteiger partial charge in [0.05, 0.1) is 14.2 Å². The number of carbonyl (C=O) groups excluding carboxylic acids is 3. The molecule has 274 valence electrons. The van der Waals surface area contributed by atoms with E-state index in [4.69, 9.17) is 28.5 Å². The fourth-order valence-corrected chi connectivity index (χ4v) is 3.36. The lowest BCUT2D eigenvalue weighted by molar-refractivity contribution is -0.142. The number of halogens is 1. The molecule has 0 aliphatic heterocycles. The van der Waals surface area contributed by atoms with E-state index in [0.29, 0.717) is 51.7 Å². The van der Waals surface area contributed by atoms with E-state index in [1.54, 1.807) is 0 Å². The molecule has 0 atom stereocenters. The van der Waals surface area contributed by atoms with E-state index >= 15 is 0 Å². The molecule has 0 fully saturated rings. The van der Waals surface area contributed by atoms with Crippen LogP contribution in [0.25, 0.3) is 0 Å². The number of nitrogens with two attached hydrogens (primary N) is 2. The number of rotatable bonds is 21. The third-order valence-corrected chi connectivity index (χ3v) is 6.12. The molecule has 16 heteroatoms. The SMILES string of the molecule is CCCCC(C)=N.CCCCc1ncc(CCCN)[nH]1.COC(=O)CCCN.COC(=O)CCCN=P.O=C(CCCN=P)OCCl. The molecule has 47 heavy (non-hydrogen) atoms. The molecule has 0 saturated heterocycles. The van der Waals surface area contributed by atoms with Gasteiger partial charge in [0.25, 0.3) is 0 Å². The Bertz CT molecular complexity index is 889.